The van der Waals surface area contributed by atoms with E-state index in [4.69, 9.17) is 5.26 Å². The van der Waals surface area contributed by atoms with Gasteiger partial charge in [0.1, 0.15) is 0 Å². The molecule has 64 valence electrons. The fraction of sp³-hybridized carbons (Fsp3) is 0.250. The van der Waals surface area contributed by atoms with Gasteiger partial charge in [0.2, 0.25) is 0 Å². The lowest BCUT2D eigenvalue weighted by atomic mass is 9.91. The normalized spacial score (nSPS) is 14.5. The third-order valence-corrected chi connectivity index (χ3v) is 2.41. The molecule has 0 amide bonds. The van der Waals surface area contributed by atoms with Gasteiger partial charge >= 0.3 is 0 Å². The van der Waals surface area contributed by atoms with Crippen LogP contribution in [0, 0.1) is 11.3 Å². The van der Waals surface area contributed by atoms with Gasteiger partial charge in [-0.05, 0) is 37.0 Å². The first kappa shape index (κ1) is 8.07. The van der Waals surface area contributed by atoms with Crippen LogP contribution in [0.3, 0.4) is 0 Å². The first-order chi connectivity index (χ1) is 6.38. The summed E-state index contributed by atoms with van der Waals surface area (Å²) in [5.41, 5.74) is 3.48. The summed E-state index contributed by atoms with van der Waals surface area (Å²) < 4.78 is 0. The van der Waals surface area contributed by atoms with Gasteiger partial charge in [0.15, 0.2) is 0 Å². The third-order valence-electron chi connectivity index (χ3n) is 2.41. The molecule has 1 saturated carbocycles. The highest BCUT2D eigenvalue weighted by molar-refractivity contribution is 5.55. The second-order valence-electron chi connectivity index (χ2n) is 3.39. The Morgan fingerprint density at radius 1 is 1.15 bits per heavy atom. The lowest BCUT2D eigenvalue weighted by Gasteiger charge is -2.15. The molecular weight excluding hydrogens is 158 g/mol. The van der Waals surface area contributed by atoms with E-state index in [1.165, 1.54) is 30.4 Å². The van der Waals surface area contributed by atoms with Crippen molar-refractivity contribution in [3.05, 3.63) is 41.0 Å². The molecule has 0 N–H and O–H groups in total. The molecule has 0 saturated heterocycles. The van der Waals surface area contributed by atoms with Gasteiger partial charge in [-0.25, -0.2) is 0 Å². The largest absolute Gasteiger partial charge is 0.192 e. The molecule has 2 rings (SSSR count). The molecule has 1 heteroatoms. The Labute approximate surface area is 78.3 Å². The monoisotopic (exact) mass is 169 g/mol. The van der Waals surface area contributed by atoms with Crippen molar-refractivity contribution in [2.75, 3.05) is 0 Å². The predicted octanol–water partition coefficient (Wildman–Crippen LogP) is 3.13. The topological polar surface area (TPSA) is 23.8 Å². The summed E-state index contributed by atoms with van der Waals surface area (Å²) >= 11 is 0. The highest BCUT2D eigenvalue weighted by Crippen LogP contribution is 2.27. The lowest BCUT2D eigenvalue weighted by Crippen LogP contribution is -1.95. The van der Waals surface area contributed by atoms with E-state index >= 15 is 0 Å². The highest BCUT2D eigenvalue weighted by atomic mass is 14.2. The summed E-state index contributed by atoms with van der Waals surface area (Å²) in [6, 6.07) is 9.85. The molecule has 0 unspecified atom stereocenters. The molecular formula is C12H11N. The minimum atomic E-state index is 0.732. The second-order valence-corrected chi connectivity index (χ2v) is 3.39. The fourth-order valence-corrected chi connectivity index (χ4v) is 1.41. The maximum absolute atomic E-state index is 8.60. The SMILES string of the molecule is N#Cc1ccc(C=C2CCC2)cc1. The van der Waals surface area contributed by atoms with E-state index in [9.17, 15) is 0 Å². The van der Waals surface area contributed by atoms with E-state index in [0.29, 0.717) is 0 Å². The molecule has 0 spiro atoms. The zero-order chi connectivity index (χ0) is 9.10. The van der Waals surface area contributed by atoms with Crippen molar-refractivity contribution in [2.24, 2.45) is 0 Å². The maximum Gasteiger partial charge on any atom is 0.0991 e. The van der Waals surface area contributed by atoms with E-state index in [-0.39, 0.29) is 0 Å². The number of nitriles is 1. The number of benzene rings is 1. The summed E-state index contributed by atoms with van der Waals surface area (Å²) in [6.45, 7) is 0. The van der Waals surface area contributed by atoms with Gasteiger partial charge in [0, 0.05) is 0 Å². The summed E-state index contributed by atoms with van der Waals surface area (Å²) in [5.74, 6) is 0. The van der Waals surface area contributed by atoms with Crippen LogP contribution in [0.15, 0.2) is 29.8 Å². The molecule has 0 aliphatic heterocycles. The molecule has 1 nitrogen and oxygen atoms in total. The maximum atomic E-state index is 8.60. The Morgan fingerprint density at radius 3 is 2.31 bits per heavy atom. The van der Waals surface area contributed by atoms with Crippen LogP contribution in [-0.2, 0) is 0 Å². The molecule has 13 heavy (non-hydrogen) atoms. The smallest absolute Gasteiger partial charge is 0.0991 e. The molecule has 0 heterocycles. The minimum absolute atomic E-state index is 0.732. The molecule has 1 aliphatic carbocycles. The van der Waals surface area contributed by atoms with Crippen LogP contribution >= 0.6 is 0 Å². The summed E-state index contributed by atoms with van der Waals surface area (Å²) in [4.78, 5) is 0. The minimum Gasteiger partial charge on any atom is -0.192 e. The number of hydrogen-bond acceptors (Lipinski definition) is 1. The highest BCUT2D eigenvalue weighted by Gasteiger charge is 2.07. The second kappa shape index (κ2) is 3.45. The average molecular weight is 169 g/mol. The van der Waals surface area contributed by atoms with Gasteiger partial charge in [0.25, 0.3) is 0 Å². The molecule has 1 fully saturated rings. The third kappa shape index (κ3) is 1.78. The van der Waals surface area contributed by atoms with Crippen LogP contribution in [0.5, 0.6) is 0 Å². The Morgan fingerprint density at radius 2 is 1.85 bits per heavy atom. The van der Waals surface area contributed by atoms with Crippen molar-refractivity contribution in [3.63, 3.8) is 0 Å². The van der Waals surface area contributed by atoms with E-state index < -0.39 is 0 Å². The molecule has 0 bridgehead atoms. The average Bonchev–Trinajstić information content (AvgIpc) is 2.12. The van der Waals surface area contributed by atoms with E-state index in [2.05, 4.69) is 12.1 Å². The first-order valence-electron chi connectivity index (χ1n) is 4.58. The van der Waals surface area contributed by atoms with E-state index in [1.807, 2.05) is 24.3 Å². The zero-order valence-corrected chi connectivity index (χ0v) is 7.46. The Balaban J connectivity index is 2.19. The van der Waals surface area contributed by atoms with Crippen LogP contribution < -0.4 is 0 Å². The fourth-order valence-electron chi connectivity index (χ4n) is 1.41. The number of allylic oxidation sites excluding steroid dienone is 1. The lowest BCUT2D eigenvalue weighted by molar-refractivity contribution is 0.670. The Hall–Kier alpha value is -1.55. The predicted molar refractivity (Wildman–Crippen MR) is 53.0 cm³/mol. The van der Waals surface area contributed by atoms with Gasteiger partial charge in [-0.3, -0.25) is 0 Å². The van der Waals surface area contributed by atoms with Crippen LogP contribution in [0.25, 0.3) is 6.08 Å². The van der Waals surface area contributed by atoms with Crippen molar-refractivity contribution in [3.8, 4) is 6.07 Å². The summed E-state index contributed by atoms with van der Waals surface area (Å²) in [6.07, 6.45) is 6.06. The van der Waals surface area contributed by atoms with Gasteiger partial charge in [-0.2, -0.15) is 5.26 Å². The van der Waals surface area contributed by atoms with Gasteiger partial charge < -0.3 is 0 Å². The quantitative estimate of drug-likeness (QED) is 0.633. The number of nitrogens with zero attached hydrogens (tertiary/aromatic N) is 1. The molecule has 1 aliphatic rings. The van der Waals surface area contributed by atoms with Crippen molar-refractivity contribution in [1.29, 1.82) is 5.26 Å². The van der Waals surface area contributed by atoms with Gasteiger partial charge in [0.05, 0.1) is 11.6 Å². The summed E-state index contributed by atoms with van der Waals surface area (Å²) in [7, 11) is 0. The van der Waals surface area contributed by atoms with Crippen LogP contribution in [0.1, 0.15) is 30.4 Å². The van der Waals surface area contributed by atoms with Gasteiger partial charge in [-0.15, -0.1) is 0 Å². The Bertz CT molecular complexity index is 359. The van der Waals surface area contributed by atoms with Crippen molar-refractivity contribution in [2.45, 2.75) is 19.3 Å². The standard InChI is InChI=1S/C12H11N/c13-9-12-6-4-11(5-7-12)8-10-2-1-3-10/h4-8H,1-3H2. The Kier molecular flexibility index (Phi) is 2.14. The van der Waals surface area contributed by atoms with Gasteiger partial charge in [-0.1, -0.05) is 23.8 Å². The summed E-state index contributed by atoms with van der Waals surface area (Å²) in [5, 5.41) is 8.60. The molecule has 0 radical (unpaired) electrons. The first-order valence-corrected chi connectivity index (χ1v) is 4.58. The molecule has 0 atom stereocenters. The van der Waals surface area contributed by atoms with E-state index in [0.717, 1.165) is 5.56 Å². The number of rotatable bonds is 1. The zero-order valence-electron chi connectivity index (χ0n) is 7.46. The van der Waals surface area contributed by atoms with Crippen LogP contribution in [0.4, 0.5) is 0 Å². The van der Waals surface area contributed by atoms with E-state index in [1.54, 1.807) is 0 Å². The van der Waals surface area contributed by atoms with Crippen LogP contribution in [0.2, 0.25) is 0 Å². The molecule has 1 aromatic rings. The van der Waals surface area contributed by atoms with Crippen molar-refractivity contribution >= 4 is 6.08 Å². The van der Waals surface area contributed by atoms with Crippen molar-refractivity contribution < 1.29 is 0 Å². The van der Waals surface area contributed by atoms with Crippen LogP contribution in [-0.4, -0.2) is 0 Å². The van der Waals surface area contributed by atoms with Crippen molar-refractivity contribution in [1.82, 2.24) is 0 Å². The molecule has 0 aromatic heterocycles. The molecule has 1 aromatic carbocycles. The number of hydrogen-bond donors (Lipinski definition) is 0.